The first-order valence-electron chi connectivity index (χ1n) is 11.6. The average Bonchev–Trinajstić information content (AvgIpc) is 3.39. The van der Waals surface area contributed by atoms with Crippen LogP contribution in [-0.4, -0.2) is 25.5 Å². The summed E-state index contributed by atoms with van der Waals surface area (Å²) in [6.45, 7) is 0.146. The van der Waals surface area contributed by atoms with Crippen LogP contribution in [0, 0.1) is 0 Å². The summed E-state index contributed by atoms with van der Waals surface area (Å²) in [4.78, 5) is 24.6. The molecule has 0 bridgehead atoms. The van der Waals surface area contributed by atoms with E-state index in [1.54, 1.807) is 0 Å². The van der Waals surface area contributed by atoms with E-state index >= 15 is 0 Å². The highest BCUT2D eigenvalue weighted by atomic mass is 16.8. The Labute approximate surface area is 202 Å². The fraction of sp³-hybridized carbons (Fsp3) is 0.133. The van der Waals surface area contributed by atoms with Crippen LogP contribution in [-0.2, 0) is 14.2 Å². The molecule has 35 heavy (non-hydrogen) atoms. The minimum absolute atomic E-state index is 0.0729. The van der Waals surface area contributed by atoms with Crippen LogP contribution in [0.1, 0.15) is 34.1 Å². The van der Waals surface area contributed by atoms with Gasteiger partial charge in [0.1, 0.15) is 13.2 Å². The Hall–Kier alpha value is -4.38. The molecule has 172 valence electrons. The van der Waals surface area contributed by atoms with Crippen LogP contribution in [0.3, 0.4) is 0 Å². The Morgan fingerprint density at radius 1 is 0.486 bits per heavy atom. The molecular formula is C30H22O5. The molecule has 5 heteroatoms. The SMILES string of the molecule is O=C(OCC1c2ccccc2-c2ccccc21)OC(=O)OCC1c2ccccc2-c2ccccc21. The molecule has 0 unspecified atom stereocenters. The number of fused-ring (bicyclic) bond motifs is 6. The zero-order valence-electron chi connectivity index (χ0n) is 18.8. The van der Waals surface area contributed by atoms with E-state index in [1.165, 1.54) is 0 Å². The van der Waals surface area contributed by atoms with Crippen molar-refractivity contribution in [2.75, 3.05) is 13.2 Å². The lowest BCUT2D eigenvalue weighted by atomic mass is 9.98. The third-order valence-corrected chi connectivity index (χ3v) is 6.83. The van der Waals surface area contributed by atoms with Crippen molar-refractivity contribution >= 4 is 12.3 Å². The molecule has 0 aliphatic heterocycles. The first kappa shape index (κ1) is 21.2. The van der Waals surface area contributed by atoms with Crippen LogP contribution in [0.2, 0.25) is 0 Å². The zero-order chi connectivity index (χ0) is 23.8. The highest BCUT2D eigenvalue weighted by molar-refractivity contribution is 5.81. The average molecular weight is 463 g/mol. The standard InChI is InChI=1S/C30H22O5/c31-29(33-17-27-23-13-5-1-9-19(23)20-10-2-6-14-24(20)27)35-30(32)34-18-28-25-15-7-3-11-21(25)22-12-4-8-16-26(22)28/h1-16,27-28H,17-18H2. The Kier molecular flexibility index (Phi) is 5.30. The van der Waals surface area contributed by atoms with Gasteiger partial charge in [0.15, 0.2) is 0 Å². The maximum Gasteiger partial charge on any atom is 0.518 e. The number of benzene rings is 4. The van der Waals surface area contributed by atoms with Gasteiger partial charge in [0.25, 0.3) is 0 Å². The summed E-state index contributed by atoms with van der Waals surface area (Å²) < 4.78 is 15.5. The number of carbonyl (C=O) groups is 2. The Bertz CT molecular complexity index is 1240. The molecule has 0 N–H and O–H groups in total. The molecule has 0 saturated heterocycles. The molecule has 4 aromatic rings. The van der Waals surface area contributed by atoms with Gasteiger partial charge in [-0.25, -0.2) is 9.59 Å². The normalized spacial score (nSPS) is 13.4. The molecular weight excluding hydrogens is 440 g/mol. The monoisotopic (exact) mass is 462 g/mol. The lowest BCUT2D eigenvalue weighted by Gasteiger charge is -2.15. The van der Waals surface area contributed by atoms with Crippen LogP contribution in [0.5, 0.6) is 0 Å². The summed E-state index contributed by atoms with van der Waals surface area (Å²) >= 11 is 0. The molecule has 0 heterocycles. The Morgan fingerprint density at radius 3 is 1.09 bits per heavy atom. The second kappa shape index (κ2) is 8.76. The minimum atomic E-state index is -1.07. The highest BCUT2D eigenvalue weighted by Crippen LogP contribution is 2.45. The molecule has 6 rings (SSSR count). The van der Waals surface area contributed by atoms with E-state index < -0.39 is 12.3 Å². The smallest absolute Gasteiger partial charge is 0.433 e. The quantitative estimate of drug-likeness (QED) is 0.244. The summed E-state index contributed by atoms with van der Waals surface area (Å²) in [5, 5.41) is 0. The first-order chi connectivity index (χ1) is 17.2. The predicted molar refractivity (Wildman–Crippen MR) is 131 cm³/mol. The molecule has 0 fully saturated rings. The van der Waals surface area contributed by atoms with Crippen LogP contribution in [0.4, 0.5) is 9.59 Å². The van der Waals surface area contributed by atoms with Gasteiger partial charge in [-0.3, -0.25) is 0 Å². The molecule has 2 aliphatic rings. The third kappa shape index (κ3) is 3.75. The van der Waals surface area contributed by atoms with Gasteiger partial charge in [-0.1, -0.05) is 97.1 Å². The van der Waals surface area contributed by atoms with Gasteiger partial charge in [-0.05, 0) is 44.5 Å². The number of hydrogen-bond acceptors (Lipinski definition) is 5. The van der Waals surface area contributed by atoms with Crippen LogP contribution in [0.15, 0.2) is 97.1 Å². The van der Waals surface area contributed by atoms with E-state index in [9.17, 15) is 9.59 Å². The van der Waals surface area contributed by atoms with E-state index in [1.807, 2.05) is 72.8 Å². The largest absolute Gasteiger partial charge is 0.518 e. The third-order valence-electron chi connectivity index (χ3n) is 6.83. The van der Waals surface area contributed by atoms with E-state index in [4.69, 9.17) is 14.2 Å². The van der Waals surface area contributed by atoms with Crippen LogP contribution in [0.25, 0.3) is 22.3 Å². The van der Waals surface area contributed by atoms with E-state index in [2.05, 4.69) is 24.3 Å². The lowest BCUT2D eigenvalue weighted by molar-refractivity contribution is 0.0345. The van der Waals surface area contributed by atoms with Crippen molar-refractivity contribution in [2.45, 2.75) is 11.8 Å². The van der Waals surface area contributed by atoms with Crippen molar-refractivity contribution in [1.82, 2.24) is 0 Å². The second-order valence-corrected chi connectivity index (χ2v) is 8.68. The molecule has 0 saturated carbocycles. The lowest BCUT2D eigenvalue weighted by Crippen LogP contribution is -2.20. The van der Waals surface area contributed by atoms with Gasteiger partial charge in [0.2, 0.25) is 0 Å². The maximum absolute atomic E-state index is 12.3. The highest BCUT2D eigenvalue weighted by Gasteiger charge is 2.31. The fourth-order valence-corrected chi connectivity index (χ4v) is 5.31. The number of carbonyl (C=O) groups excluding carboxylic acids is 2. The predicted octanol–water partition coefficient (Wildman–Crippen LogP) is 6.90. The van der Waals surface area contributed by atoms with Crippen molar-refractivity contribution in [3.63, 3.8) is 0 Å². The number of rotatable bonds is 4. The van der Waals surface area contributed by atoms with Crippen molar-refractivity contribution in [1.29, 1.82) is 0 Å². The molecule has 0 atom stereocenters. The van der Waals surface area contributed by atoms with E-state index in [0.29, 0.717) is 0 Å². The van der Waals surface area contributed by atoms with Crippen molar-refractivity contribution < 1.29 is 23.8 Å². The van der Waals surface area contributed by atoms with Gasteiger partial charge >= 0.3 is 12.3 Å². The number of ether oxygens (including phenoxy) is 3. The van der Waals surface area contributed by atoms with Gasteiger partial charge in [0.05, 0.1) is 0 Å². The molecule has 0 spiro atoms. The Morgan fingerprint density at radius 2 is 0.771 bits per heavy atom. The molecule has 0 radical (unpaired) electrons. The van der Waals surface area contributed by atoms with E-state index in [0.717, 1.165) is 44.5 Å². The second-order valence-electron chi connectivity index (χ2n) is 8.68. The molecule has 2 aliphatic carbocycles. The molecule has 0 aromatic heterocycles. The number of hydrogen-bond donors (Lipinski definition) is 0. The van der Waals surface area contributed by atoms with Crippen molar-refractivity contribution in [3.05, 3.63) is 119 Å². The van der Waals surface area contributed by atoms with Gasteiger partial charge < -0.3 is 14.2 Å². The van der Waals surface area contributed by atoms with Crippen molar-refractivity contribution in [2.24, 2.45) is 0 Å². The summed E-state index contributed by atoms with van der Waals surface area (Å²) in [5.74, 6) is -0.227. The topological polar surface area (TPSA) is 61.8 Å². The maximum atomic E-state index is 12.3. The van der Waals surface area contributed by atoms with Crippen molar-refractivity contribution in [3.8, 4) is 22.3 Å². The molecule has 5 nitrogen and oxygen atoms in total. The summed E-state index contributed by atoms with van der Waals surface area (Å²) in [6, 6.07) is 32.2. The summed E-state index contributed by atoms with van der Waals surface area (Å²) in [5.41, 5.74) is 8.85. The minimum Gasteiger partial charge on any atom is -0.433 e. The summed E-state index contributed by atoms with van der Waals surface area (Å²) in [6.07, 6.45) is -2.13. The van der Waals surface area contributed by atoms with Gasteiger partial charge in [-0.15, -0.1) is 0 Å². The Balaban J connectivity index is 1.08. The van der Waals surface area contributed by atoms with E-state index in [-0.39, 0.29) is 25.0 Å². The first-order valence-corrected chi connectivity index (χ1v) is 11.6. The van der Waals surface area contributed by atoms with Crippen LogP contribution >= 0.6 is 0 Å². The van der Waals surface area contributed by atoms with Crippen LogP contribution < -0.4 is 0 Å². The van der Waals surface area contributed by atoms with Gasteiger partial charge in [0, 0.05) is 11.8 Å². The fourth-order valence-electron chi connectivity index (χ4n) is 5.31. The zero-order valence-corrected chi connectivity index (χ0v) is 18.8. The molecule has 0 amide bonds. The van der Waals surface area contributed by atoms with Gasteiger partial charge in [-0.2, -0.15) is 0 Å². The summed E-state index contributed by atoms with van der Waals surface area (Å²) in [7, 11) is 0. The molecule has 4 aromatic carbocycles.